The summed E-state index contributed by atoms with van der Waals surface area (Å²) < 4.78 is 1.11. The van der Waals surface area contributed by atoms with Crippen LogP contribution >= 0.6 is 11.6 Å². The van der Waals surface area contributed by atoms with Crippen molar-refractivity contribution in [3.63, 3.8) is 0 Å². The van der Waals surface area contributed by atoms with Gasteiger partial charge in [-0.2, -0.15) is 0 Å². The molecule has 2 aromatic rings. The van der Waals surface area contributed by atoms with Crippen LogP contribution in [0.1, 0.15) is 0 Å². The van der Waals surface area contributed by atoms with Crippen LogP contribution in [0.5, 0.6) is 0 Å². The molecule has 0 atom stereocenters. The first-order valence-corrected chi connectivity index (χ1v) is 4.36. The van der Waals surface area contributed by atoms with Gasteiger partial charge in [-0.05, 0) is 18.2 Å². The maximum Gasteiger partial charge on any atom is 0.263 e. The van der Waals surface area contributed by atoms with E-state index in [-0.39, 0.29) is 12.3 Å². The third-order valence-electron chi connectivity index (χ3n) is 1.94. The number of rotatable bonds is 1. The Morgan fingerprint density at radius 3 is 3.00 bits per heavy atom. The summed E-state index contributed by atoms with van der Waals surface area (Å²) in [6.45, 7) is -0.381. The van der Waals surface area contributed by atoms with Crippen molar-refractivity contribution in [1.29, 1.82) is 0 Å². The molecule has 0 fully saturated rings. The average Bonchev–Trinajstić information content (AvgIpc) is 2.20. The lowest BCUT2D eigenvalue weighted by Gasteiger charge is -2.02. The van der Waals surface area contributed by atoms with E-state index >= 15 is 0 Å². The molecule has 0 saturated carbocycles. The molecule has 5 heteroatoms. The van der Waals surface area contributed by atoms with Crippen LogP contribution in [0.4, 0.5) is 0 Å². The fourth-order valence-corrected chi connectivity index (χ4v) is 1.40. The molecule has 1 aromatic heterocycles. The first-order valence-electron chi connectivity index (χ1n) is 3.98. The quantitative estimate of drug-likeness (QED) is 0.764. The number of halogens is 1. The predicted octanol–water partition coefficient (Wildman–Crippen LogP) is 1.000. The van der Waals surface area contributed by atoms with Gasteiger partial charge in [-0.1, -0.05) is 11.6 Å². The number of aromatic nitrogens is 2. The lowest BCUT2D eigenvalue weighted by molar-refractivity contribution is 0.205. The molecule has 14 heavy (non-hydrogen) atoms. The van der Waals surface area contributed by atoms with Crippen molar-refractivity contribution >= 4 is 22.5 Å². The van der Waals surface area contributed by atoms with E-state index in [9.17, 15) is 4.79 Å². The van der Waals surface area contributed by atoms with Crippen molar-refractivity contribution in [3.05, 3.63) is 39.9 Å². The van der Waals surface area contributed by atoms with Crippen LogP contribution in [0.3, 0.4) is 0 Å². The molecule has 0 unspecified atom stereocenters. The van der Waals surface area contributed by atoms with Crippen molar-refractivity contribution in [3.8, 4) is 0 Å². The van der Waals surface area contributed by atoms with Gasteiger partial charge in [0.05, 0.1) is 10.9 Å². The van der Waals surface area contributed by atoms with Crippen molar-refractivity contribution in [2.75, 3.05) is 0 Å². The van der Waals surface area contributed by atoms with Crippen LogP contribution in [0, 0.1) is 0 Å². The molecule has 1 heterocycles. The zero-order chi connectivity index (χ0) is 10.1. The molecule has 0 amide bonds. The molecular formula is C9H7ClN2O2. The van der Waals surface area contributed by atoms with E-state index in [0.717, 1.165) is 4.57 Å². The largest absolute Gasteiger partial charge is 0.376 e. The molecule has 0 spiro atoms. The predicted molar refractivity (Wildman–Crippen MR) is 53.2 cm³/mol. The van der Waals surface area contributed by atoms with Gasteiger partial charge >= 0.3 is 0 Å². The maximum absolute atomic E-state index is 11.6. The Bertz CT molecular complexity index is 536. The zero-order valence-corrected chi connectivity index (χ0v) is 7.90. The summed E-state index contributed by atoms with van der Waals surface area (Å²) in [4.78, 5) is 15.6. The monoisotopic (exact) mass is 210 g/mol. The third-order valence-corrected chi connectivity index (χ3v) is 2.17. The normalized spacial score (nSPS) is 10.7. The number of nitrogens with zero attached hydrogens (tertiary/aromatic N) is 2. The van der Waals surface area contributed by atoms with E-state index in [1.807, 2.05) is 0 Å². The summed E-state index contributed by atoms with van der Waals surface area (Å²) in [5, 5.41) is 9.73. The highest BCUT2D eigenvalue weighted by atomic mass is 35.5. The second-order valence-corrected chi connectivity index (χ2v) is 3.26. The van der Waals surface area contributed by atoms with E-state index in [2.05, 4.69) is 4.98 Å². The summed E-state index contributed by atoms with van der Waals surface area (Å²) in [5.41, 5.74) is 0.282. The lowest BCUT2D eigenvalue weighted by atomic mass is 10.2. The van der Waals surface area contributed by atoms with Crippen LogP contribution in [-0.2, 0) is 6.73 Å². The number of hydrogen-bond donors (Lipinski definition) is 1. The van der Waals surface area contributed by atoms with Crippen molar-refractivity contribution < 1.29 is 5.11 Å². The number of benzene rings is 1. The molecule has 0 aliphatic heterocycles. The number of aliphatic hydroxyl groups excluding tert-OH is 1. The Morgan fingerprint density at radius 1 is 1.50 bits per heavy atom. The van der Waals surface area contributed by atoms with E-state index < -0.39 is 0 Å². The molecule has 1 aromatic carbocycles. The third kappa shape index (κ3) is 1.38. The minimum atomic E-state index is -0.381. The molecule has 0 bridgehead atoms. The molecule has 4 nitrogen and oxygen atoms in total. The van der Waals surface area contributed by atoms with Gasteiger partial charge < -0.3 is 5.11 Å². The van der Waals surface area contributed by atoms with Crippen LogP contribution in [0.2, 0.25) is 5.02 Å². The molecule has 0 radical (unpaired) electrons. The van der Waals surface area contributed by atoms with Gasteiger partial charge in [0.2, 0.25) is 0 Å². The van der Waals surface area contributed by atoms with Gasteiger partial charge in [0.15, 0.2) is 0 Å². The first kappa shape index (κ1) is 9.18. The van der Waals surface area contributed by atoms with Gasteiger partial charge in [0, 0.05) is 5.02 Å². The summed E-state index contributed by atoms with van der Waals surface area (Å²) in [5.74, 6) is 0. The average molecular weight is 211 g/mol. The van der Waals surface area contributed by atoms with Gasteiger partial charge in [-0.3, -0.25) is 9.36 Å². The molecule has 72 valence electrons. The summed E-state index contributed by atoms with van der Waals surface area (Å²) in [7, 11) is 0. The molecule has 0 saturated heterocycles. The fraction of sp³-hybridized carbons (Fsp3) is 0.111. The first-order chi connectivity index (χ1) is 6.72. The smallest absolute Gasteiger partial charge is 0.263 e. The standard InChI is InChI=1S/C9H7ClN2O2/c10-6-1-2-8-7(3-6)9(14)12(5-13)4-11-8/h1-4,13H,5H2. The highest BCUT2D eigenvalue weighted by Crippen LogP contribution is 2.13. The Hall–Kier alpha value is -1.39. The zero-order valence-electron chi connectivity index (χ0n) is 7.14. The fourth-order valence-electron chi connectivity index (χ4n) is 1.23. The summed E-state index contributed by atoms with van der Waals surface area (Å²) >= 11 is 5.75. The van der Waals surface area contributed by atoms with Crippen LogP contribution in [-0.4, -0.2) is 14.7 Å². The molecular weight excluding hydrogens is 204 g/mol. The van der Waals surface area contributed by atoms with E-state index in [1.165, 1.54) is 6.33 Å². The van der Waals surface area contributed by atoms with Crippen LogP contribution < -0.4 is 5.56 Å². The minimum Gasteiger partial charge on any atom is -0.376 e. The molecule has 0 aliphatic carbocycles. The van der Waals surface area contributed by atoms with Crippen molar-refractivity contribution in [1.82, 2.24) is 9.55 Å². The van der Waals surface area contributed by atoms with Gasteiger partial charge in [0.25, 0.3) is 5.56 Å². The second-order valence-electron chi connectivity index (χ2n) is 2.82. The Labute approximate surface area is 84.4 Å². The van der Waals surface area contributed by atoms with Crippen LogP contribution in [0.15, 0.2) is 29.3 Å². The maximum atomic E-state index is 11.6. The van der Waals surface area contributed by atoms with Crippen molar-refractivity contribution in [2.45, 2.75) is 6.73 Å². The Balaban J connectivity index is 2.87. The van der Waals surface area contributed by atoms with Gasteiger partial charge in [-0.15, -0.1) is 0 Å². The van der Waals surface area contributed by atoms with E-state index in [1.54, 1.807) is 18.2 Å². The topological polar surface area (TPSA) is 55.1 Å². The van der Waals surface area contributed by atoms with E-state index in [4.69, 9.17) is 16.7 Å². The summed E-state index contributed by atoms with van der Waals surface area (Å²) in [6.07, 6.45) is 1.30. The number of hydrogen-bond acceptors (Lipinski definition) is 3. The molecule has 2 rings (SSSR count). The van der Waals surface area contributed by atoms with Gasteiger partial charge in [-0.25, -0.2) is 4.98 Å². The van der Waals surface area contributed by atoms with Crippen LogP contribution in [0.25, 0.3) is 10.9 Å². The van der Waals surface area contributed by atoms with Gasteiger partial charge in [0.1, 0.15) is 13.1 Å². The number of aliphatic hydroxyl groups is 1. The highest BCUT2D eigenvalue weighted by Gasteiger charge is 2.03. The highest BCUT2D eigenvalue weighted by molar-refractivity contribution is 6.31. The second kappa shape index (κ2) is 3.40. The lowest BCUT2D eigenvalue weighted by Crippen LogP contribution is -2.20. The van der Waals surface area contributed by atoms with E-state index in [0.29, 0.717) is 15.9 Å². The SMILES string of the molecule is O=c1c2cc(Cl)ccc2ncn1CO. The molecule has 1 N–H and O–H groups in total. The summed E-state index contributed by atoms with van der Waals surface area (Å²) in [6, 6.07) is 4.87. The number of fused-ring (bicyclic) bond motifs is 1. The Morgan fingerprint density at radius 2 is 2.29 bits per heavy atom. The minimum absolute atomic E-state index is 0.292. The molecule has 0 aliphatic rings. The van der Waals surface area contributed by atoms with Crippen molar-refractivity contribution in [2.24, 2.45) is 0 Å². The Kier molecular flexibility index (Phi) is 2.23.